The van der Waals surface area contributed by atoms with Gasteiger partial charge in [0.1, 0.15) is 23.0 Å². The summed E-state index contributed by atoms with van der Waals surface area (Å²) in [5.74, 6) is -4.07. The van der Waals surface area contributed by atoms with Crippen molar-refractivity contribution in [2.75, 3.05) is 12.4 Å². The number of aliphatic carboxylic acids is 2. The van der Waals surface area contributed by atoms with E-state index in [4.69, 9.17) is 32.0 Å². The lowest BCUT2D eigenvalue weighted by Gasteiger charge is -2.20. The highest BCUT2D eigenvalue weighted by Crippen LogP contribution is 2.30. The van der Waals surface area contributed by atoms with E-state index in [-0.39, 0.29) is 16.9 Å². The molecule has 5 N–H and O–H groups in total. The van der Waals surface area contributed by atoms with E-state index >= 15 is 0 Å². The first kappa shape index (κ1) is 34.8. The van der Waals surface area contributed by atoms with Crippen LogP contribution in [0.2, 0.25) is 0 Å². The number of benzene rings is 2. The maximum atomic E-state index is 13.1. The fraction of sp³-hybridized carbons (Fsp3) is 0.269. The third kappa shape index (κ3) is 10.8. The molecule has 0 saturated heterocycles. The number of carboxylic acid groups (broad SMARTS) is 2. The lowest BCUT2D eigenvalue weighted by molar-refractivity contribution is -0.192. The van der Waals surface area contributed by atoms with Gasteiger partial charge in [0, 0.05) is 43.0 Å². The van der Waals surface area contributed by atoms with Gasteiger partial charge in [0.15, 0.2) is 5.11 Å². The molecule has 17 heteroatoms. The number of nitrogens with one attached hydrogen (secondary N) is 3. The largest absolute Gasteiger partial charge is 0.490 e. The lowest BCUT2D eigenvalue weighted by Crippen LogP contribution is -2.37. The van der Waals surface area contributed by atoms with E-state index in [0.717, 1.165) is 16.3 Å². The molecule has 0 spiro atoms. The molecule has 1 aromatic heterocycles. The minimum absolute atomic E-state index is 0.00655. The fourth-order valence-corrected chi connectivity index (χ4v) is 4.97. The number of pyridine rings is 1. The summed E-state index contributed by atoms with van der Waals surface area (Å²) >= 11 is 5.12. The van der Waals surface area contributed by atoms with Crippen LogP contribution in [0.15, 0.2) is 59.8 Å². The van der Waals surface area contributed by atoms with Crippen molar-refractivity contribution in [2.24, 2.45) is 0 Å². The summed E-state index contributed by atoms with van der Waals surface area (Å²) in [6.45, 7) is 1.79. The van der Waals surface area contributed by atoms with E-state index in [0.29, 0.717) is 17.2 Å². The van der Waals surface area contributed by atoms with Crippen molar-refractivity contribution in [3.05, 3.63) is 60.4 Å². The van der Waals surface area contributed by atoms with Gasteiger partial charge in [0.25, 0.3) is 0 Å². The number of carbonyl (C=O) groups is 3. The van der Waals surface area contributed by atoms with Gasteiger partial charge in [-0.05, 0) is 42.2 Å². The van der Waals surface area contributed by atoms with Crippen LogP contribution in [-0.4, -0.2) is 72.3 Å². The zero-order valence-electron chi connectivity index (χ0n) is 22.6. The molecule has 43 heavy (non-hydrogen) atoms. The number of anilines is 1. The predicted molar refractivity (Wildman–Crippen MR) is 153 cm³/mol. The number of hydrogen-bond acceptors (Lipinski definition) is 8. The number of carbonyl (C=O) groups excluding carboxylic acids is 1. The number of alkyl halides is 3. The first-order valence-electron chi connectivity index (χ1n) is 12.2. The molecule has 2 aromatic carbocycles. The molecule has 0 aliphatic heterocycles. The Kier molecular flexibility index (Phi) is 12.3. The highest BCUT2D eigenvalue weighted by molar-refractivity contribution is 7.89. The average Bonchev–Trinajstić information content (AvgIpc) is 2.92. The number of thiocarbonyl (C=S) groups is 1. The molecule has 0 amide bonds. The molecular weight excluding hydrogens is 617 g/mol. The number of halogens is 3. The van der Waals surface area contributed by atoms with Gasteiger partial charge in [-0.1, -0.05) is 24.3 Å². The average molecular weight is 645 g/mol. The van der Waals surface area contributed by atoms with Gasteiger partial charge in [-0.2, -0.15) is 13.2 Å². The van der Waals surface area contributed by atoms with Crippen LogP contribution in [0, 0.1) is 0 Å². The summed E-state index contributed by atoms with van der Waals surface area (Å²) < 4.78 is 66.1. The monoisotopic (exact) mass is 644 g/mol. The third-order valence-electron chi connectivity index (χ3n) is 5.41. The number of aromatic nitrogens is 1. The predicted octanol–water partition coefficient (Wildman–Crippen LogP) is 3.11. The van der Waals surface area contributed by atoms with Crippen molar-refractivity contribution in [1.82, 2.24) is 15.0 Å². The van der Waals surface area contributed by atoms with Crippen LogP contribution in [0.25, 0.3) is 10.8 Å². The van der Waals surface area contributed by atoms with E-state index in [1.54, 1.807) is 26.4 Å². The molecule has 2 atom stereocenters. The van der Waals surface area contributed by atoms with Crippen molar-refractivity contribution in [3.8, 4) is 5.75 Å². The smallest absolute Gasteiger partial charge is 0.489 e. The van der Waals surface area contributed by atoms with Gasteiger partial charge >= 0.3 is 18.1 Å². The van der Waals surface area contributed by atoms with Crippen molar-refractivity contribution in [1.29, 1.82) is 0 Å². The second-order valence-corrected chi connectivity index (χ2v) is 10.9. The van der Waals surface area contributed by atoms with E-state index in [2.05, 4.69) is 20.3 Å². The summed E-state index contributed by atoms with van der Waals surface area (Å²) in [7, 11) is -2.67. The first-order valence-corrected chi connectivity index (χ1v) is 14.1. The fourth-order valence-electron chi connectivity index (χ4n) is 3.57. The van der Waals surface area contributed by atoms with Crippen molar-refractivity contribution in [2.45, 2.75) is 43.0 Å². The summed E-state index contributed by atoms with van der Waals surface area (Å²) in [6.07, 6.45) is -2.07. The zero-order valence-corrected chi connectivity index (χ0v) is 24.2. The lowest BCUT2D eigenvalue weighted by atomic mass is 10.0. The summed E-state index contributed by atoms with van der Waals surface area (Å²) in [5.41, 5.74) is 1.40. The molecule has 0 aliphatic rings. The first-order chi connectivity index (χ1) is 20.1. The summed E-state index contributed by atoms with van der Waals surface area (Å²) in [5, 5.41) is 24.1. The Morgan fingerprint density at radius 1 is 1.14 bits per heavy atom. The molecule has 1 heterocycles. The Labute approximate surface area is 249 Å². The number of carboxylic acids is 2. The van der Waals surface area contributed by atoms with Crippen molar-refractivity contribution < 1.29 is 50.9 Å². The Bertz CT molecular complexity index is 1580. The van der Waals surface area contributed by atoms with E-state index in [9.17, 15) is 31.2 Å². The van der Waals surface area contributed by atoms with Gasteiger partial charge in [-0.3, -0.25) is 9.78 Å². The molecule has 0 saturated carbocycles. The molecule has 3 rings (SSSR count). The highest BCUT2D eigenvalue weighted by atomic mass is 32.2. The topological polar surface area (TPSA) is 184 Å². The van der Waals surface area contributed by atoms with E-state index in [1.807, 2.05) is 24.3 Å². The standard InChI is InChI=1S/C24H26N4O6S2.C2HF3O2/c1-15(9-17-13-26-12-16-5-3-4-6-20(16)17)34-21-10-18(27-24(35)25-2)7-8-22(21)36(32,33)28-19(14-29)11-23(30)31;3-2(4,5)1(6)7/h3-8,10,12-15,19,28H,9,11H2,1-2H3,(H,30,31)(H2,25,27,35);(H,6,7). The molecule has 3 aromatic rings. The van der Waals surface area contributed by atoms with Crippen LogP contribution in [-0.2, 0) is 30.8 Å². The van der Waals surface area contributed by atoms with Crippen LogP contribution in [0.4, 0.5) is 18.9 Å². The quantitative estimate of drug-likeness (QED) is 0.152. The normalized spacial score (nSPS) is 12.7. The molecule has 0 radical (unpaired) electrons. The summed E-state index contributed by atoms with van der Waals surface area (Å²) in [4.78, 5) is 35.2. The number of aldehydes is 1. The minimum atomic E-state index is -5.08. The van der Waals surface area contributed by atoms with Crippen molar-refractivity contribution in [3.63, 3.8) is 0 Å². The summed E-state index contributed by atoms with van der Waals surface area (Å²) in [6, 6.07) is 10.6. The molecule has 2 unspecified atom stereocenters. The van der Waals surface area contributed by atoms with Gasteiger partial charge in [-0.25, -0.2) is 17.9 Å². The van der Waals surface area contributed by atoms with Crippen LogP contribution >= 0.6 is 12.2 Å². The molecule has 12 nitrogen and oxygen atoms in total. The number of rotatable bonds is 11. The number of hydrogen-bond donors (Lipinski definition) is 5. The Morgan fingerprint density at radius 2 is 1.79 bits per heavy atom. The van der Waals surface area contributed by atoms with Gasteiger partial charge in [0.05, 0.1) is 12.5 Å². The number of nitrogens with zero attached hydrogens (tertiary/aromatic N) is 1. The van der Waals surface area contributed by atoms with Crippen LogP contribution in [0.1, 0.15) is 18.9 Å². The number of ether oxygens (including phenoxy) is 1. The Morgan fingerprint density at radius 3 is 2.37 bits per heavy atom. The molecular formula is C26H27F3N4O8S2. The van der Waals surface area contributed by atoms with E-state index in [1.165, 1.54) is 18.2 Å². The second kappa shape index (κ2) is 15.2. The highest BCUT2D eigenvalue weighted by Gasteiger charge is 2.38. The van der Waals surface area contributed by atoms with Gasteiger partial charge < -0.3 is 30.4 Å². The van der Waals surface area contributed by atoms with Crippen LogP contribution in [0.5, 0.6) is 5.75 Å². The maximum Gasteiger partial charge on any atom is 0.490 e. The molecule has 0 fully saturated rings. The molecule has 232 valence electrons. The number of fused-ring (bicyclic) bond motifs is 1. The Balaban J connectivity index is 0.000000821. The number of sulfonamides is 1. The maximum absolute atomic E-state index is 13.1. The Hall–Kier alpha value is -4.35. The van der Waals surface area contributed by atoms with Crippen LogP contribution < -0.4 is 20.1 Å². The molecule has 0 bridgehead atoms. The van der Waals surface area contributed by atoms with Gasteiger partial charge in [-0.15, -0.1) is 0 Å². The second-order valence-electron chi connectivity index (χ2n) is 8.78. The third-order valence-corrected chi connectivity index (χ3v) is 7.25. The van der Waals surface area contributed by atoms with Gasteiger partial charge in [0.2, 0.25) is 10.0 Å². The molecule has 0 aliphatic carbocycles. The van der Waals surface area contributed by atoms with E-state index < -0.39 is 46.7 Å². The minimum Gasteiger partial charge on any atom is -0.489 e. The SMILES string of the molecule is CNC(=S)Nc1ccc(S(=O)(=O)NC(C=O)CC(=O)O)c(OC(C)Cc2cncc3ccccc23)c1.O=C(O)C(F)(F)F. The van der Waals surface area contributed by atoms with Crippen LogP contribution in [0.3, 0.4) is 0 Å². The van der Waals surface area contributed by atoms with Crippen molar-refractivity contribution >= 4 is 62.0 Å². The zero-order chi connectivity index (χ0) is 32.4.